The van der Waals surface area contributed by atoms with Crippen LogP contribution in [0.4, 0.5) is 0 Å². The minimum Gasteiger partial charge on any atom is -0.330 e. The fourth-order valence-corrected chi connectivity index (χ4v) is 0.425. The second-order valence-corrected chi connectivity index (χ2v) is 1.53. The molecule has 0 saturated heterocycles. The molecule has 0 fully saturated rings. The summed E-state index contributed by atoms with van der Waals surface area (Å²) in [4.78, 5) is 0. The first-order valence-electron chi connectivity index (χ1n) is 2.11. The summed E-state index contributed by atoms with van der Waals surface area (Å²) < 4.78 is 14.0. The second-order valence-electron chi connectivity index (χ2n) is 1.07. The van der Waals surface area contributed by atoms with Gasteiger partial charge in [-0.2, -0.15) is 0 Å². The molecule has 1 atom stereocenters. The summed E-state index contributed by atoms with van der Waals surface area (Å²) in [5.41, 5.74) is 5.09. The fraction of sp³-hybridized carbons (Fsp3) is 1.00. The summed E-state index contributed by atoms with van der Waals surface area (Å²) in [5.74, 6) is 0. The summed E-state index contributed by atoms with van der Waals surface area (Å²) in [7, 11) is -0.638. The maximum atomic E-state index is 9.57. The van der Waals surface area contributed by atoms with Gasteiger partial charge in [-0.15, -0.1) is 4.52 Å². The highest BCUT2D eigenvalue weighted by molar-refractivity contribution is 7.17. The van der Waals surface area contributed by atoms with Crippen molar-refractivity contribution >= 4 is 8.69 Å². The molecular formula is C3H9NO2P+. The highest BCUT2D eigenvalue weighted by atomic mass is 31.1. The Labute approximate surface area is 44.1 Å². The summed E-state index contributed by atoms with van der Waals surface area (Å²) in [6, 6.07) is 0. The Hall–Kier alpha value is 0.0200. The Morgan fingerprint density at radius 1 is 1.71 bits per heavy atom. The number of nitrogens with two attached hydrogens (primary N) is 1. The molecule has 4 heteroatoms. The van der Waals surface area contributed by atoms with Crippen LogP contribution in [0.5, 0.6) is 0 Å². The van der Waals surface area contributed by atoms with Crippen LogP contribution in [0.2, 0.25) is 0 Å². The topological polar surface area (TPSA) is 52.3 Å². The lowest BCUT2D eigenvalue weighted by Gasteiger charge is -1.82. The molecule has 0 radical (unpaired) electrons. The van der Waals surface area contributed by atoms with Crippen molar-refractivity contribution in [2.45, 2.75) is 6.42 Å². The summed E-state index contributed by atoms with van der Waals surface area (Å²) in [6.45, 7) is 1.11. The maximum Gasteiger partial charge on any atom is 0.494 e. The van der Waals surface area contributed by atoms with Crippen LogP contribution in [0.25, 0.3) is 0 Å². The molecule has 1 unspecified atom stereocenters. The molecule has 0 bridgehead atoms. The Morgan fingerprint density at radius 2 is 2.43 bits per heavy atom. The molecule has 3 nitrogen and oxygen atoms in total. The first kappa shape index (κ1) is 7.02. The molecule has 0 spiro atoms. The van der Waals surface area contributed by atoms with Crippen molar-refractivity contribution in [3.63, 3.8) is 0 Å². The van der Waals surface area contributed by atoms with Crippen LogP contribution in [0.3, 0.4) is 0 Å². The summed E-state index contributed by atoms with van der Waals surface area (Å²) in [5, 5.41) is 0. The molecule has 7 heavy (non-hydrogen) atoms. The van der Waals surface area contributed by atoms with Crippen LogP contribution in [0.1, 0.15) is 6.42 Å². The molecule has 0 aliphatic heterocycles. The minimum atomic E-state index is -0.638. The third-order valence-electron chi connectivity index (χ3n) is 0.509. The van der Waals surface area contributed by atoms with Crippen LogP contribution in [-0.2, 0) is 9.09 Å². The maximum absolute atomic E-state index is 9.57. The quantitative estimate of drug-likeness (QED) is 0.430. The SMILES string of the molecule is NCCCO[PH+]=O. The van der Waals surface area contributed by atoms with Crippen molar-refractivity contribution in [1.29, 1.82) is 0 Å². The molecular weight excluding hydrogens is 113 g/mol. The van der Waals surface area contributed by atoms with Gasteiger partial charge in [-0.05, 0) is 17.5 Å². The van der Waals surface area contributed by atoms with Crippen LogP contribution in [-0.4, -0.2) is 13.2 Å². The zero-order chi connectivity index (χ0) is 5.54. The van der Waals surface area contributed by atoms with E-state index in [4.69, 9.17) is 5.73 Å². The predicted molar refractivity (Wildman–Crippen MR) is 28.6 cm³/mol. The highest BCUT2D eigenvalue weighted by Gasteiger charge is 1.87. The minimum absolute atomic E-state index is 0.512. The number of hydrogen-bond donors (Lipinski definition) is 1. The van der Waals surface area contributed by atoms with Crippen molar-refractivity contribution in [1.82, 2.24) is 0 Å². The van der Waals surface area contributed by atoms with Crippen molar-refractivity contribution in [2.24, 2.45) is 5.73 Å². The smallest absolute Gasteiger partial charge is 0.330 e. The van der Waals surface area contributed by atoms with Gasteiger partial charge in [0.25, 0.3) is 0 Å². The molecule has 0 aromatic heterocycles. The van der Waals surface area contributed by atoms with Gasteiger partial charge in [-0.25, -0.2) is 0 Å². The molecule has 0 amide bonds. The van der Waals surface area contributed by atoms with Gasteiger partial charge >= 0.3 is 8.69 Å². The third-order valence-corrected chi connectivity index (χ3v) is 0.831. The fourth-order valence-electron chi connectivity index (χ4n) is 0.197. The van der Waals surface area contributed by atoms with Crippen molar-refractivity contribution in [3.05, 3.63) is 0 Å². The Bertz CT molecular complexity index is 50.2. The van der Waals surface area contributed by atoms with E-state index in [-0.39, 0.29) is 0 Å². The van der Waals surface area contributed by atoms with E-state index in [0.717, 1.165) is 6.42 Å². The first-order chi connectivity index (χ1) is 3.41. The standard InChI is InChI=1S/C3H9NO2P/c4-2-1-3-6-7-5/h7H,1-4H2/q+1. The van der Waals surface area contributed by atoms with E-state index in [1.165, 1.54) is 0 Å². The Kier molecular flexibility index (Phi) is 6.04. The lowest BCUT2D eigenvalue weighted by molar-refractivity contribution is 0.338. The predicted octanol–water partition coefficient (Wildman–Crippen LogP) is 0.291. The monoisotopic (exact) mass is 122 g/mol. The van der Waals surface area contributed by atoms with Crippen LogP contribution >= 0.6 is 8.69 Å². The van der Waals surface area contributed by atoms with Crippen molar-refractivity contribution in [2.75, 3.05) is 13.2 Å². The molecule has 42 valence electrons. The van der Waals surface area contributed by atoms with Gasteiger partial charge in [-0.3, -0.25) is 0 Å². The molecule has 2 N–H and O–H groups in total. The van der Waals surface area contributed by atoms with Crippen molar-refractivity contribution < 1.29 is 9.09 Å². The zero-order valence-electron chi connectivity index (χ0n) is 4.02. The molecule has 0 rings (SSSR count). The lowest BCUT2D eigenvalue weighted by atomic mass is 10.5. The largest absolute Gasteiger partial charge is 0.494 e. The first-order valence-corrected chi connectivity index (χ1v) is 2.92. The van der Waals surface area contributed by atoms with Gasteiger partial charge in [0.05, 0.1) is 0 Å². The molecule has 0 heterocycles. The number of hydrogen-bond acceptors (Lipinski definition) is 3. The Balaban J connectivity index is 2.56. The van der Waals surface area contributed by atoms with Crippen LogP contribution in [0, 0.1) is 0 Å². The highest BCUT2D eigenvalue weighted by Crippen LogP contribution is 1.93. The number of rotatable bonds is 4. The van der Waals surface area contributed by atoms with Crippen molar-refractivity contribution in [3.8, 4) is 0 Å². The average molecular weight is 122 g/mol. The Morgan fingerprint density at radius 3 is 2.86 bits per heavy atom. The summed E-state index contributed by atoms with van der Waals surface area (Å²) >= 11 is 0. The van der Waals surface area contributed by atoms with Crippen LogP contribution in [0.15, 0.2) is 0 Å². The van der Waals surface area contributed by atoms with E-state index in [0.29, 0.717) is 13.2 Å². The molecule has 0 aliphatic rings. The van der Waals surface area contributed by atoms with Gasteiger partial charge in [-0.1, -0.05) is 0 Å². The van der Waals surface area contributed by atoms with E-state index >= 15 is 0 Å². The van der Waals surface area contributed by atoms with Gasteiger partial charge in [0.1, 0.15) is 6.61 Å². The molecule has 0 saturated carbocycles. The van der Waals surface area contributed by atoms with Gasteiger partial charge < -0.3 is 5.73 Å². The molecule has 0 aromatic carbocycles. The third kappa shape index (κ3) is 6.02. The average Bonchev–Trinajstić information content (AvgIpc) is 1.69. The zero-order valence-corrected chi connectivity index (χ0v) is 5.02. The van der Waals surface area contributed by atoms with Gasteiger partial charge in [0.15, 0.2) is 0 Å². The lowest BCUT2D eigenvalue weighted by Crippen LogP contribution is -2.00. The second kappa shape index (κ2) is 6.02. The van der Waals surface area contributed by atoms with E-state index in [1.807, 2.05) is 0 Å². The summed E-state index contributed by atoms with van der Waals surface area (Å²) in [6.07, 6.45) is 0.787. The van der Waals surface area contributed by atoms with Gasteiger partial charge in [0, 0.05) is 0 Å². The van der Waals surface area contributed by atoms with E-state index in [2.05, 4.69) is 4.52 Å². The normalized spacial score (nSPS) is 9.86. The van der Waals surface area contributed by atoms with E-state index in [1.54, 1.807) is 0 Å². The van der Waals surface area contributed by atoms with E-state index in [9.17, 15) is 4.57 Å². The van der Waals surface area contributed by atoms with E-state index < -0.39 is 8.69 Å². The van der Waals surface area contributed by atoms with Crippen LogP contribution < -0.4 is 5.73 Å². The van der Waals surface area contributed by atoms with Gasteiger partial charge in [0.2, 0.25) is 0 Å². The molecule has 0 aliphatic carbocycles. The molecule has 0 aromatic rings.